The number of aromatic nitrogens is 2. The summed E-state index contributed by atoms with van der Waals surface area (Å²) in [6.07, 6.45) is 5.86. The third-order valence-corrected chi connectivity index (χ3v) is 6.13. The van der Waals surface area contributed by atoms with Crippen LogP contribution in [-0.2, 0) is 9.53 Å². The van der Waals surface area contributed by atoms with Crippen molar-refractivity contribution in [1.29, 1.82) is 0 Å². The highest BCUT2D eigenvalue weighted by Gasteiger charge is 2.38. The number of amides is 1. The second-order valence-electron chi connectivity index (χ2n) is 8.39. The first-order valence-electron chi connectivity index (χ1n) is 10.1. The minimum atomic E-state index is 0.103. The van der Waals surface area contributed by atoms with E-state index in [1.54, 1.807) is 6.33 Å². The number of hydrogen-bond acceptors (Lipinski definition) is 5. The Morgan fingerprint density at radius 2 is 1.96 bits per heavy atom. The van der Waals surface area contributed by atoms with E-state index in [1.807, 2.05) is 0 Å². The van der Waals surface area contributed by atoms with Crippen LogP contribution in [0, 0.1) is 17.8 Å². The summed E-state index contributed by atoms with van der Waals surface area (Å²) in [6, 6.07) is 2.34. The molecule has 6 heteroatoms. The highest BCUT2D eigenvalue weighted by molar-refractivity contribution is 5.79. The molecule has 2 saturated heterocycles. The van der Waals surface area contributed by atoms with Crippen LogP contribution in [0.2, 0.25) is 0 Å². The summed E-state index contributed by atoms with van der Waals surface area (Å²) in [5.41, 5.74) is 1.17. The number of nitrogens with one attached hydrogen (secondary N) is 1. The van der Waals surface area contributed by atoms with Crippen LogP contribution >= 0.6 is 0 Å². The van der Waals surface area contributed by atoms with Gasteiger partial charge in [-0.1, -0.05) is 13.8 Å². The summed E-state index contributed by atoms with van der Waals surface area (Å²) in [6.45, 7) is 7.67. The van der Waals surface area contributed by atoms with Gasteiger partial charge in [-0.05, 0) is 31.6 Å². The van der Waals surface area contributed by atoms with E-state index in [9.17, 15) is 4.79 Å². The van der Waals surface area contributed by atoms with E-state index in [4.69, 9.17) is 4.74 Å². The van der Waals surface area contributed by atoms with Crippen molar-refractivity contribution in [3.63, 3.8) is 0 Å². The molecule has 3 aliphatic rings. The number of rotatable bonds is 5. The van der Waals surface area contributed by atoms with Crippen molar-refractivity contribution in [2.45, 2.75) is 51.5 Å². The van der Waals surface area contributed by atoms with Crippen molar-refractivity contribution in [3.05, 3.63) is 18.1 Å². The molecule has 142 valence electrons. The molecule has 3 heterocycles. The van der Waals surface area contributed by atoms with E-state index >= 15 is 0 Å². The summed E-state index contributed by atoms with van der Waals surface area (Å²) < 4.78 is 5.39. The zero-order valence-electron chi connectivity index (χ0n) is 15.9. The molecule has 1 aromatic rings. The highest BCUT2D eigenvalue weighted by atomic mass is 16.5. The number of hydrogen-bond donors (Lipinski definition) is 1. The van der Waals surface area contributed by atoms with Crippen LogP contribution in [0.3, 0.4) is 0 Å². The van der Waals surface area contributed by atoms with Crippen LogP contribution in [0.15, 0.2) is 12.4 Å². The van der Waals surface area contributed by atoms with Crippen LogP contribution in [-0.4, -0.2) is 48.2 Å². The van der Waals surface area contributed by atoms with Crippen molar-refractivity contribution >= 4 is 11.7 Å². The lowest BCUT2D eigenvalue weighted by molar-refractivity contribution is -0.128. The molecular weight excluding hydrogens is 328 g/mol. The molecule has 0 aromatic carbocycles. The molecule has 0 bridgehead atoms. The second-order valence-corrected chi connectivity index (χ2v) is 8.39. The van der Waals surface area contributed by atoms with E-state index < -0.39 is 0 Å². The van der Waals surface area contributed by atoms with Gasteiger partial charge in [0.05, 0.1) is 6.04 Å². The minimum absolute atomic E-state index is 0.103. The van der Waals surface area contributed by atoms with Crippen molar-refractivity contribution in [1.82, 2.24) is 15.3 Å². The molecule has 1 N–H and O–H groups in total. The Morgan fingerprint density at radius 3 is 2.65 bits per heavy atom. The fourth-order valence-corrected chi connectivity index (χ4v) is 4.24. The maximum atomic E-state index is 12.7. The smallest absolute Gasteiger partial charge is 0.223 e. The third kappa shape index (κ3) is 3.85. The van der Waals surface area contributed by atoms with Crippen molar-refractivity contribution in [3.8, 4) is 0 Å². The molecule has 1 saturated carbocycles. The lowest BCUT2D eigenvalue weighted by atomic mass is 9.90. The van der Waals surface area contributed by atoms with Gasteiger partial charge in [-0.2, -0.15) is 0 Å². The lowest BCUT2D eigenvalue weighted by Crippen LogP contribution is -2.45. The van der Waals surface area contributed by atoms with Crippen LogP contribution in [0.1, 0.15) is 51.1 Å². The van der Waals surface area contributed by atoms with Gasteiger partial charge in [0.25, 0.3) is 0 Å². The molecule has 0 unspecified atom stereocenters. The maximum Gasteiger partial charge on any atom is 0.223 e. The van der Waals surface area contributed by atoms with Crippen molar-refractivity contribution < 1.29 is 9.53 Å². The Balaban J connectivity index is 1.44. The fourth-order valence-electron chi connectivity index (χ4n) is 4.24. The summed E-state index contributed by atoms with van der Waals surface area (Å²) in [7, 11) is 0. The number of ether oxygens (including phenoxy) is 1. The Hall–Kier alpha value is -1.69. The average molecular weight is 358 g/mol. The Labute approximate surface area is 155 Å². The SMILES string of the molecule is CC(C)[C@H]1CN(c2cc(C3CC3)ncn2)C[C@@H]1NC(=O)C1CCOCC1. The van der Waals surface area contributed by atoms with Gasteiger partial charge in [-0.3, -0.25) is 4.79 Å². The van der Waals surface area contributed by atoms with Gasteiger partial charge < -0.3 is 15.0 Å². The quantitative estimate of drug-likeness (QED) is 0.875. The number of carbonyl (C=O) groups excluding carboxylic acids is 1. The molecule has 4 rings (SSSR count). The van der Waals surface area contributed by atoms with Crippen LogP contribution in [0.4, 0.5) is 5.82 Å². The predicted octanol–water partition coefficient (Wildman–Crippen LogP) is 2.36. The van der Waals surface area contributed by atoms with Crippen LogP contribution in [0.5, 0.6) is 0 Å². The molecule has 1 amide bonds. The Bertz CT molecular complexity index is 640. The first-order chi connectivity index (χ1) is 12.6. The second kappa shape index (κ2) is 7.51. The normalized spacial score (nSPS) is 27.1. The van der Waals surface area contributed by atoms with E-state index in [0.29, 0.717) is 31.0 Å². The molecule has 0 radical (unpaired) electrons. The summed E-state index contributed by atoms with van der Waals surface area (Å²) in [5.74, 6) is 2.90. The third-order valence-electron chi connectivity index (χ3n) is 6.13. The Morgan fingerprint density at radius 1 is 1.19 bits per heavy atom. The van der Waals surface area contributed by atoms with Gasteiger partial charge in [0.1, 0.15) is 12.1 Å². The molecule has 1 aromatic heterocycles. The van der Waals surface area contributed by atoms with E-state index in [-0.39, 0.29) is 17.9 Å². The van der Waals surface area contributed by atoms with Crippen LogP contribution in [0.25, 0.3) is 0 Å². The molecule has 26 heavy (non-hydrogen) atoms. The van der Waals surface area contributed by atoms with E-state index in [0.717, 1.165) is 31.7 Å². The Kier molecular flexibility index (Phi) is 5.11. The van der Waals surface area contributed by atoms with E-state index in [2.05, 4.69) is 40.1 Å². The molecule has 6 nitrogen and oxygen atoms in total. The molecule has 2 atom stereocenters. The zero-order valence-corrected chi connectivity index (χ0v) is 15.9. The molecule has 0 spiro atoms. The van der Waals surface area contributed by atoms with Gasteiger partial charge in [0.2, 0.25) is 5.91 Å². The maximum absolute atomic E-state index is 12.7. The fraction of sp³-hybridized carbons (Fsp3) is 0.750. The zero-order chi connectivity index (χ0) is 18.1. The molecule has 1 aliphatic carbocycles. The topological polar surface area (TPSA) is 67.4 Å². The minimum Gasteiger partial charge on any atom is -0.381 e. The van der Waals surface area contributed by atoms with E-state index in [1.165, 1.54) is 18.5 Å². The largest absolute Gasteiger partial charge is 0.381 e. The van der Waals surface area contributed by atoms with Gasteiger partial charge in [-0.15, -0.1) is 0 Å². The average Bonchev–Trinajstić information content (AvgIpc) is 3.43. The van der Waals surface area contributed by atoms with Gasteiger partial charge >= 0.3 is 0 Å². The van der Waals surface area contributed by atoms with Crippen molar-refractivity contribution in [2.24, 2.45) is 17.8 Å². The van der Waals surface area contributed by atoms with Gasteiger partial charge in [0.15, 0.2) is 0 Å². The molecule has 3 fully saturated rings. The number of nitrogens with zero attached hydrogens (tertiary/aromatic N) is 3. The summed E-state index contributed by atoms with van der Waals surface area (Å²) in [5, 5.41) is 3.35. The standard InChI is InChI=1S/C20H30N4O2/c1-13(2)16-10-24(19-9-17(14-3-4-14)21-12-22-19)11-18(16)23-20(25)15-5-7-26-8-6-15/h9,12-16,18H,3-8,10-11H2,1-2H3,(H,23,25)/t16-,18+/m1/s1. The monoisotopic (exact) mass is 358 g/mol. The van der Waals surface area contributed by atoms with Crippen molar-refractivity contribution in [2.75, 3.05) is 31.2 Å². The predicted molar refractivity (Wildman–Crippen MR) is 100 cm³/mol. The summed E-state index contributed by atoms with van der Waals surface area (Å²) >= 11 is 0. The molecular formula is C20H30N4O2. The first kappa shape index (κ1) is 17.7. The summed E-state index contributed by atoms with van der Waals surface area (Å²) in [4.78, 5) is 24.0. The first-order valence-corrected chi connectivity index (χ1v) is 10.1. The van der Waals surface area contributed by atoms with Gasteiger partial charge in [-0.25, -0.2) is 9.97 Å². The number of carbonyl (C=O) groups is 1. The number of anilines is 1. The van der Waals surface area contributed by atoms with Crippen LogP contribution < -0.4 is 10.2 Å². The lowest BCUT2D eigenvalue weighted by Gasteiger charge is -2.27. The van der Waals surface area contributed by atoms with Gasteiger partial charge in [0, 0.05) is 55.8 Å². The highest BCUT2D eigenvalue weighted by Crippen LogP contribution is 2.40. The molecule has 2 aliphatic heterocycles.